The summed E-state index contributed by atoms with van der Waals surface area (Å²) in [6, 6.07) is 15.8. The number of fused-ring (bicyclic) bond motifs is 1. The van der Waals surface area contributed by atoms with Crippen LogP contribution in [0.3, 0.4) is 0 Å². The van der Waals surface area contributed by atoms with Crippen molar-refractivity contribution >= 4 is 16.8 Å². The lowest BCUT2D eigenvalue weighted by Crippen LogP contribution is -2.43. The lowest BCUT2D eigenvalue weighted by atomic mass is 10.1. The number of likely N-dealkylation sites (N-methyl/N-ethyl adjacent to an activating group) is 1. The van der Waals surface area contributed by atoms with Crippen molar-refractivity contribution < 1.29 is 4.79 Å². The summed E-state index contributed by atoms with van der Waals surface area (Å²) in [4.78, 5) is 31.5. The second-order valence-corrected chi connectivity index (χ2v) is 7.26. The fourth-order valence-electron chi connectivity index (χ4n) is 3.22. The molecule has 2 aromatic carbocycles. The molecular formula is C22H26N4O2. The average molecular weight is 378 g/mol. The van der Waals surface area contributed by atoms with Gasteiger partial charge in [-0.3, -0.25) is 14.2 Å². The predicted octanol–water partition coefficient (Wildman–Crippen LogP) is 1.99. The second-order valence-electron chi connectivity index (χ2n) is 7.26. The molecule has 1 aromatic heterocycles. The molecule has 0 saturated heterocycles. The van der Waals surface area contributed by atoms with Gasteiger partial charge in [0, 0.05) is 12.6 Å². The van der Waals surface area contributed by atoms with Crippen LogP contribution in [0.25, 0.3) is 10.9 Å². The van der Waals surface area contributed by atoms with E-state index in [0.29, 0.717) is 17.4 Å². The van der Waals surface area contributed by atoms with E-state index in [0.717, 1.165) is 12.0 Å². The summed E-state index contributed by atoms with van der Waals surface area (Å²) in [7, 11) is 4.00. The molecule has 0 spiro atoms. The zero-order valence-corrected chi connectivity index (χ0v) is 16.6. The van der Waals surface area contributed by atoms with E-state index in [1.807, 2.05) is 51.4 Å². The molecule has 0 saturated carbocycles. The van der Waals surface area contributed by atoms with E-state index < -0.39 is 0 Å². The zero-order chi connectivity index (χ0) is 20.1. The summed E-state index contributed by atoms with van der Waals surface area (Å²) in [6.07, 6.45) is 2.29. The third-order valence-electron chi connectivity index (χ3n) is 4.95. The van der Waals surface area contributed by atoms with Crippen LogP contribution in [0.2, 0.25) is 0 Å². The van der Waals surface area contributed by atoms with Crippen molar-refractivity contribution in [2.45, 2.75) is 25.9 Å². The Labute approximate surface area is 164 Å². The van der Waals surface area contributed by atoms with Gasteiger partial charge < -0.3 is 10.2 Å². The topological polar surface area (TPSA) is 67.2 Å². The Morgan fingerprint density at radius 1 is 1.14 bits per heavy atom. The van der Waals surface area contributed by atoms with Gasteiger partial charge >= 0.3 is 0 Å². The van der Waals surface area contributed by atoms with E-state index in [9.17, 15) is 9.59 Å². The van der Waals surface area contributed by atoms with E-state index in [2.05, 4.69) is 27.3 Å². The number of nitrogens with one attached hydrogen (secondary N) is 1. The quantitative estimate of drug-likeness (QED) is 0.683. The molecule has 0 fully saturated rings. The predicted molar refractivity (Wildman–Crippen MR) is 111 cm³/mol. The molecule has 1 atom stereocenters. The van der Waals surface area contributed by atoms with E-state index >= 15 is 0 Å². The van der Waals surface area contributed by atoms with Gasteiger partial charge in [-0.1, -0.05) is 42.5 Å². The maximum absolute atomic E-state index is 12.6. The van der Waals surface area contributed by atoms with Gasteiger partial charge in [0.05, 0.1) is 17.2 Å². The number of benzene rings is 2. The molecule has 0 bridgehead atoms. The van der Waals surface area contributed by atoms with Crippen molar-refractivity contribution in [1.29, 1.82) is 0 Å². The third-order valence-corrected chi connectivity index (χ3v) is 4.95. The summed E-state index contributed by atoms with van der Waals surface area (Å²) >= 11 is 0. The van der Waals surface area contributed by atoms with E-state index in [-0.39, 0.29) is 24.1 Å². The molecule has 1 unspecified atom stereocenters. The van der Waals surface area contributed by atoms with Gasteiger partial charge in [-0.25, -0.2) is 4.98 Å². The molecule has 0 aliphatic rings. The van der Waals surface area contributed by atoms with Crippen molar-refractivity contribution in [3.63, 3.8) is 0 Å². The number of nitrogens with zero attached hydrogens (tertiary/aromatic N) is 3. The maximum atomic E-state index is 12.6. The van der Waals surface area contributed by atoms with Crippen molar-refractivity contribution in [3.8, 4) is 0 Å². The highest BCUT2D eigenvalue weighted by Gasteiger charge is 2.15. The lowest BCUT2D eigenvalue weighted by molar-refractivity contribution is -0.121. The Kier molecular flexibility index (Phi) is 6.21. The molecular weight excluding hydrogens is 352 g/mol. The van der Waals surface area contributed by atoms with Crippen LogP contribution in [0.15, 0.2) is 59.7 Å². The summed E-state index contributed by atoms with van der Waals surface area (Å²) in [5.41, 5.74) is 2.65. The highest BCUT2D eigenvalue weighted by atomic mass is 16.2. The third kappa shape index (κ3) is 4.64. The average Bonchev–Trinajstić information content (AvgIpc) is 2.68. The first kappa shape index (κ1) is 19.8. The molecule has 0 aliphatic carbocycles. The SMILES string of the molecule is Cc1cccc2c(=O)n(CC(=O)NCC(Cc3ccccc3)N(C)C)cnc12. The van der Waals surface area contributed by atoms with Crippen molar-refractivity contribution in [2.24, 2.45) is 0 Å². The maximum Gasteiger partial charge on any atom is 0.261 e. The molecule has 3 aromatic rings. The number of aromatic nitrogens is 2. The smallest absolute Gasteiger partial charge is 0.261 e. The lowest BCUT2D eigenvalue weighted by Gasteiger charge is -2.25. The Morgan fingerprint density at radius 3 is 2.61 bits per heavy atom. The number of amides is 1. The summed E-state index contributed by atoms with van der Waals surface area (Å²) in [5, 5.41) is 3.48. The molecule has 6 nitrogen and oxygen atoms in total. The Bertz CT molecular complexity index is 1010. The molecule has 6 heteroatoms. The first-order valence-electron chi connectivity index (χ1n) is 9.37. The molecule has 0 radical (unpaired) electrons. The van der Waals surface area contributed by atoms with Gasteiger partial charge in [-0.05, 0) is 44.6 Å². The van der Waals surface area contributed by atoms with Crippen LogP contribution in [-0.2, 0) is 17.8 Å². The normalized spacial score (nSPS) is 12.3. The van der Waals surface area contributed by atoms with Gasteiger partial charge in [-0.2, -0.15) is 0 Å². The van der Waals surface area contributed by atoms with Crippen LogP contribution in [0.5, 0.6) is 0 Å². The van der Waals surface area contributed by atoms with Crippen LogP contribution in [-0.4, -0.2) is 47.0 Å². The molecule has 0 aliphatic heterocycles. The number of hydrogen-bond acceptors (Lipinski definition) is 4. The number of rotatable bonds is 7. The molecule has 1 heterocycles. The van der Waals surface area contributed by atoms with Crippen LogP contribution in [0, 0.1) is 6.92 Å². The minimum absolute atomic E-state index is 0.0405. The van der Waals surface area contributed by atoms with Crippen molar-refractivity contribution in [3.05, 3.63) is 76.3 Å². The standard InChI is InChI=1S/C22H26N4O2/c1-16-8-7-11-19-21(16)24-15-26(22(19)28)14-20(27)23-13-18(25(2)3)12-17-9-5-4-6-10-17/h4-11,15,18H,12-14H2,1-3H3,(H,23,27). The van der Waals surface area contributed by atoms with Gasteiger partial charge in [0.25, 0.3) is 5.56 Å². The van der Waals surface area contributed by atoms with Gasteiger partial charge in [0.15, 0.2) is 0 Å². The Balaban J connectivity index is 1.65. The molecule has 28 heavy (non-hydrogen) atoms. The van der Waals surface area contributed by atoms with Crippen LogP contribution < -0.4 is 10.9 Å². The van der Waals surface area contributed by atoms with Crippen LogP contribution in [0.4, 0.5) is 0 Å². The number of carbonyl (C=O) groups is 1. The van der Waals surface area contributed by atoms with Gasteiger partial charge in [-0.15, -0.1) is 0 Å². The Hall–Kier alpha value is -2.99. The first-order chi connectivity index (χ1) is 13.5. The summed E-state index contributed by atoms with van der Waals surface area (Å²) in [5.74, 6) is -0.198. The highest BCUT2D eigenvalue weighted by Crippen LogP contribution is 2.11. The fourth-order valence-corrected chi connectivity index (χ4v) is 3.22. The monoisotopic (exact) mass is 378 g/mol. The second kappa shape index (κ2) is 8.80. The van der Waals surface area contributed by atoms with Gasteiger partial charge in [0.1, 0.15) is 6.54 Å². The number of para-hydroxylation sites is 1. The first-order valence-corrected chi connectivity index (χ1v) is 9.37. The minimum Gasteiger partial charge on any atom is -0.353 e. The van der Waals surface area contributed by atoms with Crippen molar-refractivity contribution in [2.75, 3.05) is 20.6 Å². The molecule has 1 amide bonds. The van der Waals surface area contributed by atoms with Crippen LogP contribution in [0.1, 0.15) is 11.1 Å². The highest BCUT2D eigenvalue weighted by molar-refractivity contribution is 5.81. The molecule has 3 rings (SSSR count). The van der Waals surface area contributed by atoms with Gasteiger partial charge in [0.2, 0.25) is 5.91 Å². The number of aryl methyl sites for hydroxylation is 1. The fraction of sp³-hybridized carbons (Fsp3) is 0.318. The largest absolute Gasteiger partial charge is 0.353 e. The minimum atomic E-state index is -0.198. The van der Waals surface area contributed by atoms with Crippen molar-refractivity contribution in [1.82, 2.24) is 19.8 Å². The summed E-state index contributed by atoms with van der Waals surface area (Å²) < 4.78 is 1.36. The van der Waals surface area contributed by atoms with E-state index in [4.69, 9.17) is 0 Å². The Morgan fingerprint density at radius 2 is 1.89 bits per heavy atom. The van der Waals surface area contributed by atoms with Crippen LogP contribution >= 0.6 is 0 Å². The number of hydrogen-bond donors (Lipinski definition) is 1. The van der Waals surface area contributed by atoms with E-state index in [1.165, 1.54) is 16.5 Å². The summed E-state index contributed by atoms with van der Waals surface area (Å²) in [6.45, 7) is 2.39. The number of carbonyl (C=O) groups excluding carboxylic acids is 1. The molecule has 146 valence electrons. The van der Waals surface area contributed by atoms with E-state index in [1.54, 1.807) is 6.07 Å². The zero-order valence-electron chi connectivity index (χ0n) is 16.6. The molecule has 1 N–H and O–H groups in total.